The fraction of sp³-hybridized carbons (Fsp3) is 0.825. The summed E-state index contributed by atoms with van der Waals surface area (Å²) in [4.78, 5) is 12.5. The van der Waals surface area contributed by atoms with E-state index >= 15 is 0 Å². The molecular formula is C40H75NO5S. The van der Waals surface area contributed by atoms with Crippen LogP contribution in [0.15, 0.2) is 36.5 Å². The maximum absolute atomic E-state index is 12.5. The highest BCUT2D eigenvalue weighted by Crippen LogP contribution is 2.14. The summed E-state index contributed by atoms with van der Waals surface area (Å²) in [7, 11) is -4.34. The molecule has 0 spiro atoms. The molecule has 0 heterocycles. The second kappa shape index (κ2) is 34.4. The van der Waals surface area contributed by atoms with Crippen molar-refractivity contribution in [3.63, 3.8) is 0 Å². The summed E-state index contributed by atoms with van der Waals surface area (Å²) in [6.07, 6.45) is 44.0. The molecule has 0 aromatic rings. The molecule has 7 heteroatoms. The number of carbonyl (C=O) groups is 1. The lowest BCUT2D eigenvalue weighted by Gasteiger charge is -2.21. The minimum atomic E-state index is -4.34. The summed E-state index contributed by atoms with van der Waals surface area (Å²) in [5, 5.41) is 13.2. The van der Waals surface area contributed by atoms with Crippen LogP contribution in [0.2, 0.25) is 0 Å². The Balaban J connectivity index is 3.96. The quantitative estimate of drug-likeness (QED) is 0.0351. The van der Waals surface area contributed by atoms with Gasteiger partial charge in [-0.05, 0) is 51.4 Å². The predicted molar refractivity (Wildman–Crippen MR) is 202 cm³/mol. The number of allylic oxidation sites excluding steroid dienone is 5. The van der Waals surface area contributed by atoms with Gasteiger partial charge in [0.15, 0.2) is 0 Å². The maximum atomic E-state index is 12.5. The molecule has 2 atom stereocenters. The molecule has 0 saturated carbocycles. The molecule has 0 aromatic carbocycles. The Kier molecular flexibility index (Phi) is 33.4. The highest BCUT2D eigenvalue weighted by molar-refractivity contribution is 7.85. The van der Waals surface area contributed by atoms with E-state index in [1.165, 1.54) is 116 Å². The molecule has 0 aliphatic carbocycles. The number of unbranched alkanes of at least 4 members (excludes halogenated alkanes) is 23. The van der Waals surface area contributed by atoms with Gasteiger partial charge in [0.2, 0.25) is 5.91 Å². The first-order valence-electron chi connectivity index (χ1n) is 19.7. The lowest BCUT2D eigenvalue weighted by molar-refractivity contribution is -0.122. The van der Waals surface area contributed by atoms with E-state index in [1.54, 1.807) is 6.08 Å². The van der Waals surface area contributed by atoms with Crippen molar-refractivity contribution < 1.29 is 22.9 Å². The third kappa shape index (κ3) is 35.7. The third-order valence-corrected chi connectivity index (χ3v) is 9.59. The van der Waals surface area contributed by atoms with Crippen LogP contribution in [0.25, 0.3) is 0 Å². The second-order valence-corrected chi connectivity index (χ2v) is 15.1. The van der Waals surface area contributed by atoms with Gasteiger partial charge in [0, 0.05) is 6.42 Å². The lowest BCUT2D eigenvalue weighted by atomic mass is 10.0. The molecule has 0 radical (unpaired) electrons. The van der Waals surface area contributed by atoms with Crippen molar-refractivity contribution >= 4 is 16.0 Å². The van der Waals surface area contributed by atoms with Gasteiger partial charge in [-0.25, -0.2) is 0 Å². The van der Waals surface area contributed by atoms with Gasteiger partial charge in [-0.3, -0.25) is 9.35 Å². The van der Waals surface area contributed by atoms with Gasteiger partial charge in [-0.2, -0.15) is 8.42 Å². The molecule has 3 N–H and O–H groups in total. The van der Waals surface area contributed by atoms with E-state index in [0.717, 1.165) is 57.8 Å². The highest BCUT2D eigenvalue weighted by Gasteiger charge is 2.24. The van der Waals surface area contributed by atoms with Crippen molar-refractivity contribution in [3.8, 4) is 0 Å². The minimum absolute atomic E-state index is 0.287. The average molecular weight is 682 g/mol. The van der Waals surface area contributed by atoms with Crippen molar-refractivity contribution in [2.24, 2.45) is 0 Å². The predicted octanol–water partition coefficient (Wildman–Crippen LogP) is 11.4. The fourth-order valence-corrected chi connectivity index (χ4v) is 6.57. The molecule has 0 aliphatic heterocycles. The number of aliphatic hydroxyl groups is 1. The Hall–Kier alpha value is -1.44. The normalized spacial score (nSPS) is 13.7. The molecule has 6 nitrogen and oxygen atoms in total. The first kappa shape index (κ1) is 45.6. The molecule has 0 bridgehead atoms. The highest BCUT2D eigenvalue weighted by atomic mass is 32.2. The molecule has 0 rings (SSSR count). The van der Waals surface area contributed by atoms with E-state index in [0.29, 0.717) is 0 Å². The standard InChI is InChI=1S/C40H75NO5S/c1-3-5-7-9-11-13-15-17-19-20-21-22-24-26-28-30-32-34-36-40(43)41-38(37-47(44,45)46)39(42)35-33-31-29-27-25-23-18-16-14-12-10-8-6-4-2/h13,15,19-20,33,35,38-39,42H,3-12,14,16-18,21-32,34,36-37H2,1-2H3,(H,41,43)(H,44,45,46)/b15-13-,20-19-,35-33+. The zero-order valence-electron chi connectivity index (χ0n) is 30.7. The first-order chi connectivity index (χ1) is 22.8. The lowest BCUT2D eigenvalue weighted by Crippen LogP contribution is -2.46. The number of carbonyl (C=O) groups excluding carboxylic acids is 1. The van der Waals surface area contributed by atoms with Crippen molar-refractivity contribution in [2.75, 3.05) is 5.75 Å². The van der Waals surface area contributed by atoms with Crippen LogP contribution >= 0.6 is 0 Å². The SMILES string of the molecule is CCCCCC/C=C\C/C=C\CCCCCCCCCC(=O)NC(CS(=O)(=O)O)C(O)/C=C/CCCCCCCCCCCCCC. The molecule has 0 aliphatic rings. The molecule has 0 aromatic heterocycles. The van der Waals surface area contributed by atoms with Gasteiger partial charge in [-0.15, -0.1) is 0 Å². The second-order valence-electron chi connectivity index (χ2n) is 13.6. The van der Waals surface area contributed by atoms with Crippen LogP contribution in [0.1, 0.15) is 194 Å². The Morgan fingerprint density at radius 3 is 1.40 bits per heavy atom. The van der Waals surface area contributed by atoms with Crippen LogP contribution in [0.3, 0.4) is 0 Å². The Morgan fingerprint density at radius 1 is 0.574 bits per heavy atom. The number of hydrogen-bond acceptors (Lipinski definition) is 4. The van der Waals surface area contributed by atoms with E-state index in [-0.39, 0.29) is 12.3 Å². The maximum Gasteiger partial charge on any atom is 0.267 e. The molecule has 276 valence electrons. The van der Waals surface area contributed by atoms with Crippen LogP contribution in [-0.4, -0.2) is 41.9 Å². The van der Waals surface area contributed by atoms with Gasteiger partial charge >= 0.3 is 0 Å². The third-order valence-electron chi connectivity index (χ3n) is 8.81. The Morgan fingerprint density at radius 2 is 0.957 bits per heavy atom. The molecule has 0 saturated heterocycles. The van der Waals surface area contributed by atoms with Crippen molar-refractivity contribution in [1.82, 2.24) is 5.32 Å². The monoisotopic (exact) mass is 682 g/mol. The summed E-state index contributed by atoms with van der Waals surface area (Å²) in [5.74, 6) is -0.987. The first-order valence-corrected chi connectivity index (χ1v) is 21.3. The van der Waals surface area contributed by atoms with Crippen LogP contribution in [0.5, 0.6) is 0 Å². The average Bonchev–Trinajstić information content (AvgIpc) is 3.03. The Bertz CT molecular complexity index is 883. The molecule has 47 heavy (non-hydrogen) atoms. The smallest absolute Gasteiger partial charge is 0.267 e. The number of nitrogens with one attached hydrogen (secondary N) is 1. The van der Waals surface area contributed by atoms with Crippen LogP contribution in [-0.2, 0) is 14.9 Å². The summed E-state index contributed by atoms with van der Waals surface area (Å²) in [6.45, 7) is 4.49. The van der Waals surface area contributed by atoms with Gasteiger partial charge in [0.25, 0.3) is 10.1 Å². The minimum Gasteiger partial charge on any atom is -0.387 e. The Labute approximate surface area is 291 Å². The number of hydrogen-bond donors (Lipinski definition) is 3. The van der Waals surface area contributed by atoms with E-state index in [9.17, 15) is 22.9 Å². The molecule has 0 fully saturated rings. The van der Waals surface area contributed by atoms with Crippen LogP contribution in [0.4, 0.5) is 0 Å². The fourth-order valence-electron chi connectivity index (χ4n) is 5.83. The van der Waals surface area contributed by atoms with Gasteiger partial charge < -0.3 is 10.4 Å². The zero-order valence-corrected chi connectivity index (χ0v) is 31.5. The van der Waals surface area contributed by atoms with Crippen molar-refractivity contribution in [2.45, 2.75) is 206 Å². The van der Waals surface area contributed by atoms with Gasteiger partial charge in [0.05, 0.1) is 17.9 Å². The number of rotatable bonds is 35. The zero-order chi connectivity index (χ0) is 34.7. The van der Waals surface area contributed by atoms with Gasteiger partial charge in [-0.1, -0.05) is 172 Å². The van der Waals surface area contributed by atoms with Crippen molar-refractivity contribution in [3.05, 3.63) is 36.5 Å². The van der Waals surface area contributed by atoms with Crippen molar-refractivity contribution in [1.29, 1.82) is 0 Å². The van der Waals surface area contributed by atoms with E-state index in [2.05, 4.69) is 43.5 Å². The summed E-state index contributed by atoms with van der Waals surface area (Å²) < 4.78 is 32.4. The summed E-state index contributed by atoms with van der Waals surface area (Å²) in [6, 6.07) is -1.06. The summed E-state index contributed by atoms with van der Waals surface area (Å²) in [5.41, 5.74) is 0. The largest absolute Gasteiger partial charge is 0.387 e. The number of aliphatic hydroxyl groups excluding tert-OH is 1. The van der Waals surface area contributed by atoms with E-state index in [4.69, 9.17) is 0 Å². The van der Waals surface area contributed by atoms with E-state index < -0.39 is 28.0 Å². The molecular weight excluding hydrogens is 607 g/mol. The van der Waals surface area contributed by atoms with E-state index in [1.807, 2.05) is 6.08 Å². The number of amides is 1. The van der Waals surface area contributed by atoms with Crippen LogP contribution < -0.4 is 5.32 Å². The topological polar surface area (TPSA) is 104 Å². The van der Waals surface area contributed by atoms with Crippen LogP contribution in [0, 0.1) is 0 Å². The molecule has 2 unspecified atom stereocenters. The summed E-state index contributed by atoms with van der Waals surface area (Å²) >= 11 is 0. The molecule has 1 amide bonds. The van der Waals surface area contributed by atoms with Gasteiger partial charge in [0.1, 0.15) is 0 Å².